The Morgan fingerprint density at radius 2 is 2.31 bits per heavy atom. The van der Waals surface area contributed by atoms with E-state index < -0.39 is 6.10 Å². The Bertz CT molecular complexity index is 888. The smallest absolute Gasteiger partial charge is 0.237 e. The molecule has 0 unspecified atom stereocenters. The molecule has 1 aromatic carbocycles. The van der Waals surface area contributed by atoms with Gasteiger partial charge >= 0.3 is 0 Å². The van der Waals surface area contributed by atoms with E-state index in [0.717, 1.165) is 31.4 Å². The van der Waals surface area contributed by atoms with Crippen molar-refractivity contribution in [1.29, 1.82) is 0 Å². The maximum Gasteiger partial charge on any atom is 0.237 e. The number of benzene rings is 1. The van der Waals surface area contributed by atoms with E-state index in [0.29, 0.717) is 25.3 Å². The van der Waals surface area contributed by atoms with E-state index in [4.69, 9.17) is 4.74 Å². The monoisotopic (exact) mass is 460 g/mol. The van der Waals surface area contributed by atoms with Crippen LogP contribution >= 0.6 is 11.3 Å². The van der Waals surface area contributed by atoms with Gasteiger partial charge in [0.15, 0.2) is 0 Å². The van der Waals surface area contributed by atoms with Gasteiger partial charge in [0.2, 0.25) is 5.91 Å². The quantitative estimate of drug-likeness (QED) is 0.476. The van der Waals surface area contributed by atoms with Crippen molar-refractivity contribution in [1.82, 2.24) is 9.80 Å². The zero-order chi connectivity index (χ0) is 22.9. The van der Waals surface area contributed by atoms with Gasteiger partial charge < -0.3 is 14.7 Å². The number of nitrogens with zero attached hydrogens (tertiary/aromatic N) is 2. The van der Waals surface area contributed by atoms with Crippen LogP contribution in [0.5, 0.6) is 5.75 Å². The molecule has 1 N–H and O–H groups in total. The number of aliphatic hydroxyl groups is 1. The first kappa shape index (κ1) is 24.4. The molecule has 32 heavy (non-hydrogen) atoms. The highest BCUT2D eigenvalue weighted by Gasteiger charge is 2.33. The lowest BCUT2D eigenvalue weighted by Crippen LogP contribution is -2.47. The minimum absolute atomic E-state index is 0.0269. The molecule has 0 saturated heterocycles. The van der Waals surface area contributed by atoms with Gasteiger partial charge in [-0.05, 0) is 61.4 Å². The summed E-state index contributed by atoms with van der Waals surface area (Å²) >= 11 is 1.70. The third-order valence-electron chi connectivity index (χ3n) is 5.69. The third kappa shape index (κ3) is 6.64. The number of halogens is 1. The topological polar surface area (TPSA) is 53.0 Å². The first-order chi connectivity index (χ1) is 15.5. The number of carbonyl (C=O) groups is 1. The molecule has 2 aromatic rings. The molecule has 7 heteroatoms. The van der Waals surface area contributed by atoms with Crippen LogP contribution in [0.4, 0.5) is 4.39 Å². The molecule has 0 spiro atoms. The van der Waals surface area contributed by atoms with Crippen LogP contribution in [0.2, 0.25) is 0 Å². The van der Waals surface area contributed by atoms with Gasteiger partial charge in [0.05, 0.1) is 18.7 Å². The third-order valence-corrected chi connectivity index (χ3v) is 6.69. The van der Waals surface area contributed by atoms with Gasteiger partial charge in [-0.1, -0.05) is 19.1 Å². The Morgan fingerprint density at radius 1 is 1.47 bits per heavy atom. The van der Waals surface area contributed by atoms with Gasteiger partial charge in [0.25, 0.3) is 0 Å². The van der Waals surface area contributed by atoms with E-state index in [1.54, 1.807) is 29.5 Å². The standard InChI is InChI=1S/C25H33FN2O3S/c1-3-5-8-20(29)16-27(12-4-2)17-25(30)28-13-10-24-22(11-14-32-24)23(28)18-31-21-9-6-7-19(26)15-21/h3,6-7,9,11,14-15,20,23,29H,1,4-5,8,10,12-13,16-18H2,2H3/t20-,23+/m1/s1. The van der Waals surface area contributed by atoms with Crippen molar-refractivity contribution in [3.8, 4) is 5.75 Å². The molecule has 0 fully saturated rings. The summed E-state index contributed by atoms with van der Waals surface area (Å²) in [5.41, 5.74) is 1.11. The highest BCUT2D eigenvalue weighted by Crippen LogP contribution is 2.34. The number of carbonyl (C=O) groups excluding carboxylic acids is 1. The van der Waals surface area contributed by atoms with Gasteiger partial charge in [0, 0.05) is 24.0 Å². The van der Waals surface area contributed by atoms with E-state index in [1.165, 1.54) is 17.0 Å². The van der Waals surface area contributed by atoms with E-state index >= 15 is 0 Å². The number of hydrogen-bond donors (Lipinski definition) is 1. The Morgan fingerprint density at radius 3 is 3.06 bits per heavy atom. The lowest BCUT2D eigenvalue weighted by Gasteiger charge is -2.37. The van der Waals surface area contributed by atoms with E-state index in [1.807, 2.05) is 15.2 Å². The van der Waals surface area contributed by atoms with Gasteiger partial charge in [-0.2, -0.15) is 0 Å². The van der Waals surface area contributed by atoms with Crippen LogP contribution in [0.15, 0.2) is 48.4 Å². The van der Waals surface area contributed by atoms with Crippen molar-refractivity contribution in [2.24, 2.45) is 0 Å². The Labute approximate surface area is 194 Å². The summed E-state index contributed by atoms with van der Waals surface area (Å²) in [5, 5.41) is 12.4. The van der Waals surface area contributed by atoms with Crippen molar-refractivity contribution >= 4 is 17.2 Å². The fourth-order valence-electron chi connectivity index (χ4n) is 4.14. The molecular weight excluding hydrogens is 427 g/mol. The predicted molar refractivity (Wildman–Crippen MR) is 127 cm³/mol. The number of aliphatic hydroxyl groups excluding tert-OH is 1. The number of rotatable bonds is 12. The highest BCUT2D eigenvalue weighted by molar-refractivity contribution is 7.10. The molecule has 5 nitrogen and oxygen atoms in total. The lowest BCUT2D eigenvalue weighted by atomic mass is 10.0. The molecule has 1 aromatic heterocycles. The Balaban J connectivity index is 1.69. The number of thiophene rings is 1. The summed E-state index contributed by atoms with van der Waals surface area (Å²) in [6.45, 7) is 8.15. The summed E-state index contributed by atoms with van der Waals surface area (Å²) in [5.74, 6) is 0.136. The minimum atomic E-state index is -0.482. The minimum Gasteiger partial charge on any atom is -0.491 e. The zero-order valence-corrected chi connectivity index (χ0v) is 19.5. The first-order valence-corrected chi connectivity index (χ1v) is 12.1. The Hall–Kier alpha value is -2.22. The molecule has 174 valence electrons. The molecule has 0 bridgehead atoms. The van der Waals surface area contributed by atoms with Crippen LogP contribution in [-0.2, 0) is 11.2 Å². The van der Waals surface area contributed by atoms with E-state index in [2.05, 4.69) is 19.6 Å². The molecule has 0 radical (unpaired) electrons. The summed E-state index contributed by atoms with van der Waals surface area (Å²) in [6.07, 6.45) is 4.44. The van der Waals surface area contributed by atoms with Crippen molar-refractivity contribution in [2.45, 2.75) is 44.8 Å². The number of hydrogen-bond acceptors (Lipinski definition) is 5. The fourth-order valence-corrected chi connectivity index (χ4v) is 5.07. The summed E-state index contributed by atoms with van der Waals surface area (Å²) in [4.78, 5) is 18.5. The second kappa shape index (κ2) is 12.1. The molecule has 2 heterocycles. The number of ether oxygens (including phenoxy) is 1. The average Bonchev–Trinajstić information content (AvgIpc) is 3.25. The number of amides is 1. The maximum atomic E-state index is 13.6. The zero-order valence-electron chi connectivity index (χ0n) is 18.7. The molecule has 1 amide bonds. The van der Waals surface area contributed by atoms with Gasteiger partial charge in [0.1, 0.15) is 18.2 Å². The summed E-state index contributed by atoms with van der Waals surface area (Å²) in [7, 11) is 0. The van der Waals surface area contributed by atoms with E-state index in [-0.39, 0.29) is 30.9 Å². The van der Waals surface area contributed by atoms with Crippen LogP contribution in [0.1, 0.15) is 42.7 Å². The van der Waals surface area contributed by atoms with E-state index in [9.17, 15) is 14.3 Å². The summed E-state index contributed by atoms with van der Waals surface area (Å²) in [6, 6.07) is 7.92. The summed E-state index contributed by atoms with van der Waals surface area (Å²) < 4.78 is 19.5. The second-order valence-corrected chi connectivity index (χ2v) is 9.18. The Kier molecular flexibility index (Phi) is 9.26. The van der Waals surface area contributed by atoms with Gasteiger partial charge in [-0.3, -0.25) is 9.69 Å². The number of fused-ring (bicyclic) bond motifs is 1. The molecule has 1 aliphatic heterocycles. The van der Waals surface area contributed by atoms with Crippen LogP contribution in [0.25, 0.3) is 0 Å². The van der Waals surface area contributed by atoms with Crippen LogP contribution in [-0.4, -0.2) is 59.7 Å². The molecular formula is C25H33FN2O3S. The number of allylic oxidation sites excluding steroid dienone is 1. The van der Waals surface area contributed by atoms with Gasteiger partial charge in [-0.15, -0.1) is 17.9 Å². The van der Waals surface area contributed by atoms with Crippen LogP contribution in [0, 0.1) is 5.82 Å². The average molecular weight is 461 g/mol. The van der Waals surface area contributed by atoms with Gasteiger partial charge in [-0.25, -0.2) is 4.39 Å². The van der Waals surface area contributed by atoms with Crippen molar-refractivity contribution < 1.29 is 19.0 Å². The highest BCUT2D eigenvalue weighted by atomic mass is 32.1. The first-order valence-electron chi connectivity index (χ1n) is 11.3. The normalized spacial score (nSPS) is 16.6. The fraction of sp³-hybridized carbons (Fsp3) is 0.480. The van der Waals surface area contributed by atoms with Crippen LogP contribution in [0.3, 0.4) is 0 Å². The van der Waals surface area contributed by atoms with Crippen molar-refractivity contribution in [2.75, 3.05) is 32.8 Å². The van der Waals surface area contributed by atoms with Crippen molar-refractivity contribution in [3.63, 3.8) is 0 Å². The van der Waals surface area contributed by atoms with Crippen molar-refractivity contribution in [3.05, 3.63) is 64.6 Å². The SMILES string of the molecule is C=CCC[C@@H](O)CN(CCC)CC(=O)N1CCc2sccc2[C@@H]1COc1cccc(F)c1. The largest absolute Gasteiger partial charge is 0.491 e. The molecule has 3 rings (SSSR count). The molecule has 1 aliphatic rings. The molecule has 0 aliphatic carbocycles. The lowest BCUT2D eigenvalue weighted by molar-refractivity contribution is -0.136. The molecule has 2 atom stereocenters. The maximum absolute atomic E-state index is 13.6. The van der Waals surface area contributed by atoms with Crippen LogP contribution < -0.4 is 4.74 Å². The molecule has 0 saturated carbocycles. The second-order valence-electron chi connectivity index (χ2n) is 8.18. The predicted octanol–water partition coefficient (Wildman–Crippen LogP) is 4.43.